The van der Waals surface area contributed by atoms with Gasteiger partial charge in [0.1, 0.15) is 5.82 Å². The number of rotatable bonds is 4. The number of furan rings is 1. The highest BCUT2D eigenvalue weighted by Crippen LogP contribution is 2.19. The van der Waals surface area contributed by atoms with E-state index in [2.05, 4.69) is 0 Å². The van der Waals surface area contributed by atoms with Gasteiger partial charge < -0.3 is 14.2 Å². The molecule has 0 aliphatic carbocycles. The van der Waals surface area contributed by atoms with E-state index in [0.29, 0.717) is 37.8 Å². The largest absolute Gasteiger partial charge is 0.459 e. The van der Waals surface area contributed by atoms with Gasteiger partial charge in [0.25, 0.3) is 11.5 Å². The number of amides is 1. The number of carbonyl (C=O) groups is 1. The minimum Gasteiger partial charge on any atom is -0.459 e. The molecule has 3 rings (SSSR count). The minimum absolute atomic E-state index is 0.0859. The van der Waals surface area contributed by atoms with E-state index in [1.807, 2.05) is 32.6 Å². The van der Waals surface area contributed by atoms with Crippen molar-refractivity contribution in [3.8, 4) is 0 Å². The van der Waals surface area contributed by atoms with Crippen molar-refractivity contribution in [3.05, 3.63) is 51.1 Å². The zero-order chi connectivity index (χ0) is 20.4. The molecule has 8 nitrogen and oxygen atoms in total. The van der Waals surface area contributed by atoms with Gasteiger partial charge in [0, 0.05) is 44.3 Å². The van der Waals surface area contributed by atoms with Gasteiger partial charge in [0.2, 0.25) is 0 Å². The van der Waals surface area contributed by atoms with Gasteiger partial charge >= 0.3 is 5.69 Å². The molecule has 1 fully saturated rings. The molecule has 1 amide bonds. The number of nitrogens with zero attached hydrogens (tertiary/aromatic N) is 4. The van der Waals surface area contributed by atoms with Crippen molar-refractivity contribution in [2.45, 2.75) is 46.2 Å². The number of carbonyl (C=O) groups excluding carboxylic acids is 1. The molecule has 8 heteroatoms. The third-order valence-corrected chi connectivity index (χ3v) is 5.02. The lowest BCUT2D eigenvalue weighted by atomic mass is 10.3. The van der Waals surface area contributed by atoms with Crippen LogP contribution in [0.4, 0.5) is 5.82 Å². The SMILES string of the molecule is CC(C)n1c(N2CCCN(C(=O)c3ccco3)CC2)cc(=O)n(C(C)C)c1=O. The number of anilines is 1. The zero-order valence-electron chi connectivity index (χ0n) is 16.9. The van der Waals surface area contributed by atoms with Crippen LogP contribution in [0.3, 0.4) is 0 Å². The van der Waals surface area contributed by atoms with Crippen LogP contribution < -0.4 is 16.1 Å². The van der Waals surface area contributed by atoms with Gasteiger partial charge in [-0.25, -0.2) is 4.79 Å². The molecule has 0 saturated carbocycles. The summed E-state index contributed by atoms with van der Waals surface area (Å²) in [6.45, 7) is 9.84. The van der Waals surface area contributed by atoms with E-state index in [1.54, 1.807) is 27.7 Å². The van der Waals surface area contributed by atoms with Crippen LogP contribution in [0.15, 0.2) is 38.5 Å². The average molecular weight is 388 g/mol. The summed E-state index contributed by atoms with van der Waals surface area (Å²) in [5, 5.41) is 0. The van der Waals surface area contributed by atoms with Gasteiger partial charge in [-0.2, -0.15) is 0 Å². The first-order valence-electron chi connectivity index (χ1n) is 9.77. The molecule has 1 aliphatic heterocycles. The Morgan fingerprint density at radius 3 is 2.32 bits per heavy atom. The second kappa shape index (κ2) is 8.08. The van der Waals surface area contributed by atoms with Crippen LogP contribution >= 0.6 is 0 Å². The summed E-state index contributed by atoms with van der Waals surface area (Å²) in [6.07, 6.45) is 2.23. The van der Waals surface area contributed by atoms with Crippen LogP contribution in [0, 0.1) is 0 Å². The average Bonchev–Trinajstić information content (AvgIpc) is 3.04. The smallest absolute Gasteiger partial charge is 0.333 e. The highest BCUT2D eigenvalue weighted by atomic mass is 16.3. The highest BCUT2D eigenvalue weighted by Gasteiger charge is 2.25. The van der Waals surface area contributed by atoms with Crippen molar-refractivity contribution in [1.29, 1.82) is 0 Å². The summed E-state index contributed by atoms with van der Waals surface area (Å²) >= 11 is 0. The molecule has 1 saturated heterocycles. The fraction of sp³-hybridized carbons (Fsp3) is 0.550. The van der Waals surface area contributed by atoms with E-state index in [1.165, 1.54) is 10.8 Å². The molecule has 2 aromatic rings. The van der Waals surface area contributed by atoms with Crippen LogP contribution in [-0.2, 0) is 0 Å². The maximum absolute atomic E-state index is 13.0. The Labute approximate surface area is 164 Å². The van der Waals surface area contributed by atoms with Crippen molar-refractivity contribution < 1.29 is 9.21 Å². The Hall–Kier alpha value is -2.77. The van der Waals surface area contributed by atoms with Crippen molar-refractivity contribution in [2.75, 3.05) is 31.1 Å². The predicted molar refractivity (Wildman–Crippen MR) is 107 cm³/mol. The van der Waals surface area contributed by atoms with E-state index in [0.717, 1.165) is 6.42 Å². The van der Waals surface area contributed by atoms with Gasteiger partial charge in [-0.3, -0.25) is 18.7 Å². The van der Waals surface area contributed by atoms with Gasteiger partial charge in [0.05, 0.1) is 6.26 Å². The Balaban J connectivity index is 1.91. The van der Waals surface area contributed by atoms with Gasteiger partial charge in [-0.05, 0) is 46.2 Å². The number of hydrogen-bond acceptors (Lipinski definition) is 5. The van der Waals surface area contributed by atoms with Crippen LogP contribution in [0.25, 0.3) is 0 Å². The molecule has 0 aromatic carbocycles. The molecule has 0 unspecified atom stereocenters. The third-order valence-electron chi connectivity index (χ3n) is 5.02. The fourth-order valence-corrected chi connectivity index (χ4v) is 3.67. The Morgan fingerprint density at radius 2 is 1.71 bits per heavy atom. The summed E-state index contributed by atoms with van der Waals surface area (Å²) in [4.78, 5) is 41.9. The molecule has 1 aliphatic rings. The van der Waals surface area contributed by atoms with Crippen LogP contribution in [0.5, 0.6) is 0 Å². The molecule has 0 bridgehead atoms. The molecule has 0 N–H and O–H groups in total. The second-order valence-corrected chi connectivity index (χ2v) is 7.66. The predicted octanol–water partition coefficient (Wildman–Crippen LogP) is 2.12. The van der Waals surface area contributed by atoms with Crippen LogP contribution in [0.2, 0.25) is 0 Å². The molecule has 0 atom stereocenters. The maximum Gasteiger partial charge on any atom is 0.333 e. The highest BCUT2D eigenvalue weighted by molar-refractivity contribution is 5.91. The molecule has 152 valence electrons. The normalized spacial score (nSPS) is 15.4. The summed E-state index contributed by atoms with van der Waals surface area (Å²) in [6, 6.07) is 4.61. The van der Waals surface area contributed by atoms with Crippen molar-refractivity contribution >= 4 is 11.7 Å². The van der Waals surface area contributed by atoms with Crippen molar-refractivity contribution in [2.24, 2.45) is 0 Å². The zero-order valence-corrected chi connectivity index (χ0v) is 16.9. The monoisotopic (exact) mass is 388 g/mol. The lowest BCUT2D eigenvalue weighted by Crippen LogP contribution is -2.45. The van der Waals surface area contributed by atoms with Gasteiger partial charge in [-0.1, -0.05) is 0 Å². The Bertz CT molecular complexity index is 940. The summed E-state index contributed by atoms with van der Waals surface area (Å²) < 4.78 is 8.18. The van der Waals surface area contributed by atoms with Gasteiger partial charge in [-0.15, -0.1) is 0 Å². The summed E-state index contributed by atoms with van der Waals surface area (Å²) in [7, 11) is 0. The molecule has 0 spiro atoms. The second-order valence-electron chi connectivity index (χ2n) is 7.66. The first kappa shape index (κ1) is 20.0. The van der Waals surface area contributed by atoms with Crippen LogP contribution in [-0.4, -0.2) is 46.1 Å². The molecule has 2 aromatic heterocycles. The molecule has 0 radical (unpaired) electrons. The molecular formula is C20H28N4O4. The first-order valence-corrected chi connectivity index (χ1v) is 9.77. The Morgan fingerprint density at radius 1 is 1.00 bits per heavy atom. The van der Waals surface area contributed by atoms with Crippen molar-refractivity contribution in [3.63, 3.8) is 0 Å². The molecule has 28 heavy (non-hydrogen) atoms. The molecule has 3 heterocycles. The third kappa shape index (κ3) is 3.76. The summed E-state index contributed by atoms with van der Waals surface area (Å²) in [5.74, 6) is 0.810. The standard InChI is InChI=1S/C20H28N4O4/c1-14(2)23-17(13-18(25)24(15(3)4)20(23)27)21-8-6-9-22(11-10-21)19(26)16-7-5-12-28-16/h5,7,12-15H,6,8-11H2,1-4H3. The number of aromatic nitrogens is 2. The van der Waals surface area contributed by atoms with Gasteiger partial charge in [0.15, 0.2) is 5.76 Å². The topological polar surface area (TPSA) is 80.7 Å². The van der Waals surface area contributed by atoms with E-state index in [9.17, 15) is 14.4 Å². The van der Waals surface area contributed by atoms with E-state index in [4.69, 9.17) is 4.42 Å². The Kier molecular flexibility index (Phi) is 5.76. The minimum atomic E-state index is -0.292. The van der Waals surface area contributed by atoms with Crippen LogP contribution in [0.1, 0.15) is 56.8 Å². The van der Waals surface area contributed by atoms with E-state index >= 15 is 0 Å². The molecular weight excluding hydrogens is 360 g/mol. The van der Waals surface area contributed by atoms with Crippen molar-refractivity contribution in [1.82, 2.24) is 14.0 Å². The quantitative estimate of drug-likeness (QED) is 0.801. The van der Waals surface area contributed by atoms with E-state index < -0.39 is 0 Å². The lowest BCUT2D eigenvalue weighted by molar-refractivity contribution is 0.0735. The fourth-order valence-electron chi connectivity index (χ4n) is 3.67. The summed E-state index contributed by atoms with van der Waals surface area (Å²) in [5.41, 5.74) is -0.583. The van der Waals surface area contributed by atoms with E-state index in [-0.39, 0.29) is 29.2 Å². The first-order chi connectivity index (χ1) is 13.3. The lowest BCUT2D eigenvalue weighted by Gasteiger charge is -2.28. The maximum atomic E-state index is 13.0. The number of hydrogen-bond donors (Lipinski definition) is 0.